The van der Waals surface area contributed by atoms with Gasteiger partial charge < -0.3 is 30.1 Å². The zero-order valence-electron chi connectivity index (χ0n) is 16.2. The number of halogens is 1. The molecule has 10 nitrogen and oxygen atoms in total. The first-order chi connectivity index (χ1) is 14.2. The number of nitrogens with zero attached hydrogens (tertiary/aromatic N) is 1. The Morgan fingerprint density at radius 1 is 1.00 bits per heavy atom. The normalized spacial score (nSPS) is 18.1. The van der Waals surface area contributed by atoms with Crippen molar-refractivity contribution in [2.75, 3.05) is 48.3 Å². The van der Waals surface area contributed by atoms with Crippen LogP contribution in [0.4, 0.5) is 0 Å². The van der Waals surface area contributed by atoms with Gasteiger partial charge in [0.05, 0.1) is 46.9 Å². The summed E-state index contributed by atoms with van der Waals surface area (Å²) >= 11 is -2.09. The molecule has 6 atom stereocenters. The van der Waals surface area contributed by atoms with E-state index in [9.17, 15) is 34.1 Å². The highest BCUT2D eigenvalue weighted by Gasteiger charge is 2.20. The molecule has 30 heavy (non-hydrogen) atoms. The van der Waals surface area contributed by atoms with E-state index in [1.807, 2.05) is 0 Å². The van der Waals surface area contributed by atoms with Crippen LogP contribution in [0.1, 0.15) is 0 Å². The minimum atomic E-state index is -1.87. The second-order valence-corrected chi connectivity index (χ2v) is 14.9. The van der Waals surface area contributed by atoms with E-state index in [0.717, 1.165) is 18.6 Å². The van der Waals surface area contributed by atoms with Gasteiger partial charge in [0, 0.05) is 23.0 Å². The largest absolute Gasteiger partial charge is 0.774 e. The SMILES string of the molecule is C=INCOS(=O)C[C@@H](O)[C@H](O)CSSCCSSC[C@@H](O)[C@H](O)CS(=O)N(C)[O-]. The lowest BCUT2D eigenvalue weighted by atomic mass is 10.3. The Labute approximate surface area is 208 Å². The molecule has 182 valence electrons. The van der Waals surface area contributed by atoms with Crippen LogP contribution in [0.2, 0.25) is 0 Å². The molecule has 0 radical (unpaired) electrons. The molecule has 0 fully saturated rings. The molecule has 0 aliphatic carbocycles. The molecule has 0 heterocycles. The van der Waals surface area contributed by atoms with Crippen molar-refractivity contribution in [2.24, 2.45) is 0 Å². The van der Waals surface area contributed by atoms with E-state index in [0.29, 0.717) is 0 Å². The van der Waals surface area contributed by atoms with Crippen LogP contribution in [0.5, 0.6) is 0 Å². The molecule has 0 saturated carbocycles. The quantitative estimate of drug-likeness (QED) is 0.0293. The van der Waals surface area contributed by atoms with Crippen LogP contribution in [0.15, 0.2) is 0 Å². The van der Waals surface area contributed by atoms with Crippen LogP contribution in [0.25, 0.3) is 0 Å². The highest BCUT2D eigenvalue weighted by Crippen LogP contribution is 2.28. The zero-order valence-corrected chi connectivity index (χ0v) is 23.2. The van der Waals surface area contributed by atoms with Crippen molar-refractivity contribution in [3.8, 4) is 0 Å². The Balaban J connectivity index is 3.71. The lowest BCUT2D eigenvalue weighted by Crippen LogP contribution is -2.35. The van der Waals surface area contributed by atoms with E-state index in [1.54, 1.807) is 0 Å². The van der Waals surface area contributed by atoms with Gasteiger partial charge in [0.1, 0.15) is 6.73 Å². The Kier molecular flexibility index (Phi) is 21.7. The maximum atomic E-state index is 11.6. The molecule has 0 rings (SSSR count). The van der Waals surface area contributed by atoms with Crippen molar-refractivity contribution in [2.45, 2.75) is 24.4 Å². The van der Waals surface area contributed by atoms with E-state index in [4.69, 9.17) is 4.18 Å². The summed E-state index contributed by atoms with van der Waals surface area (Å²) in [6.45, 7) is 0.111. The van der Waals surface area contributed by atoms with Crippen molar-refractivity contribution in [1.29, 1.82) is 0 Å². The van der Waals surface area contributed by atoms with Gasteiger partial charge in [-0.1, -0.05) is 47.7 Å². The minimum Gasteiger partial charge on any atom is -0.774 e. The third kappa shape index (κ3) is 17.5. The van der Waals surface area contributed by atoms with Crippen LogP contribution in [-0.2, 0) is 26.2 Å². The summed E-state index contributed by atoms with van der Waals surface area (Å²) in [6.07, 6.45) is -4.45. The van der Waals surface area contributed by atoms with Crippen LogP contribution in [-0.4, -0.2) is 111 Å². The van der Waals surface area contributed by atoms with Gasteiger partial charge in [-0.15, -0.1) is 0 Å². The van der Waals surface area contributed by atoms with Gasteiger partial charge >= 0.3 is 0 Å². The first-order valence-corrected chi connectivity index (χ1v) is 18.4. The molecule has 0 aliphatic heterocycles. The van der Waals surface area contributed by atoms with E-state index in [1.165, 1.54) is 43.2 Å². The first-order valence-electron chi connectivity index (χ1n) is 8.31. The molecule has 0 spiro atoms. The fourth-order valence-electron chi connectivity index (χ4n) is 1.43. The van der Waals surface area contributed by atoms with Gasteiger partial charge in [-0.3, -0.25) is 4.18 Å². The lowest BCUT2D eigenvalue weighted by molar-refractivity contribution is 0.0484. The van der Waals surface area contributed by atoms with Crippen LogP contribution >= 0.6 is 64.2 Å². The molecule has 0 saturated heterocycles. The fourth-order valence-corrected chi connectivity index (χ4v) is 8.57. The molecular weight excluding hydrogens is 631 g/mol. The summed E-state index contributed by atoms with van der Waals surface area (Å²) in [6, 6.07) is 0. The molecule has 0 amide bonds. The van der Waals surface area contributed by atoms with Gasteiger partial charge in [0.2, 0.25) is 0 Å². The molecule has 5 N–H and O–H groups in total. The fraction of sp³-hybridized carbons (Fsp3) is 0.923. The second kappa shape index (κ2) is 20.4. The van der Waals surface area contributed by atoms with Gasteiger partial charge in [-0.05, 0) is 28.1 Å². The van der Waals surface area contributed by atoms with E-state index in [2.05, 4.69) is 8.04 Å². The van der Waals surface area contributed by atoms with Gasteiger partial charge in [-0.25, -0.2) is 11.9 Å². The van der Waals surface area contributed by atoms with Crippen LogP contribution < -0.4 is 3.53 Å². The molecular formula is C13H28IN2O8S6-. The van der Waals surface area contributed by atoms with Gasteiger partial charge in [0.15, 0.2) is 11.1 Å². The number of aliphatic hydroxyl groups excluding tert-OH is 4. The molecule has 0 bridgehead atoms. The zero-order chi connectivity index (χ0) is 22.9. The molecule has 0 aliphatic rings. The van der Waals surface area contributed by atoms with Crippen LogP contribution in [0.3, 0.4) is 0 Å². The molecule has 2 unspecified atom stereocenters. The standard InChI is InChI=1S/C13H28IN2O8S6/c1-14-15-9-24-30(23)8-13(20)11(18)6-28-26-4-3-25-27-5-10(17)12(19)7-29(22)16(2)21/h10-13,15,17-20H,1,3-9H2,2H3/q-1/t10-,11-,12-,13-,29?,30?/m1/s1. The number of aliphatic hydroxyl groups is 4. The number of hydrogen-bond donors (Lipinski definition) is 5. The summed E-state index contributed by atoms with van der Waals surface area (Å²) in [4.78, 5) is 0. The molecule has 0 aromatic carbocycles. The summed E-state index contributed by atoms with van der Waals surface area (Å²) in [7, 11) is 4.97. The third-order valence-corrected chi connectivity index (χ3v) is 11.2. The molecule has 0 aromatic rings. The van der Waals surface area contributed by atoms with Crippen molar-refractivity contribution < 1.29 is 33.0 Å². The predicted molar refractivity (Wildman–Crippen MR) is 141 cm³/mol. The van der Waals surface area contributed by atoms with Gasteiger partial charge in [0.25, 0.3) is 0 Å². The average Bonchev–Trinajstić information content (AvgIpc) is 2.69. The Morgan fingerprint density at radius 3 is 1.97 bits per heavy atom. The van der Waals surface area contributed by atoms with Crippen LogP contribution in [0, 0.1) is 5.21 Å². The van der Waals surface area contributed by atoms with Crippen molar-refractivity contribution >= 4 is 90.8 Å². The first kappa shape index (κ1) is 32.0. The number of hydrogen-bond acceptors (Lipinski definition) is 13. The smallest absolute Gasteiger partial charge is 0.159 e. The number of nitrogens with one attached hydrogen (secondary N) is 1. The minimum absolute atomic E-state index is 0.111. The van der Waals surface area contributed by atoms with E-state index < -0.39 is 67.5 Å². The van der Waals surface area contributed by atoms with Crippen molar-refractivity contribution in [1.82, 2.24) is 8.00 Å². The number of rotatable bonds is 20. The van der Waals surface area contributed by atoms with E-state index >= 15 is 0 Å². The second-order valence-electron chi connectivity index (χ2n) is 5.41. The third-order valence-electron chi connectivity index (χ3n) is 3.03. The maximum Gasteiger partial charge on any atom is 0.159 e. The highest BCUT2D eigenvalue weighted by atomic mass is 127. The summed E-state index contributed by atoms with van der Waals surface area (Å²) in [5.74, 6) is 1.55. The lowest BCUT2D eigenvalue weighted by Gasteiger charge is -2.24. The summed E-state index contributed by atoms with van der Waals surface area (Å²) in [5, 5.41) is 50.0. The number of hydroxylamine groups is 1. The Hall–Kier alpha value is 1.98. The topological polar surface area (TPSA) is 163 Å². The summed E-state index contributed by atoms with van der Waals surface area (Å²) < 4.78 is 34.5. The maximum absolute atomic E-state index is 11.6. The highest BCUT2D eigenvalue weighted by molar-refractivity contribution is 14.2. The average molecular weight is 660 g/mol. The van der Waals surface area contributed by atoms with Crippen molar-refractivity contribution in [3.05, 3.63) is 5.21 Å². The monoisotopic (exact) mass is 659 g/mol. The summed E-state index contributed by atoms with van der Waals surface area (Å²) in [5.41, 5.74) is 0. The predicted octanol–water partition coefficient (Wildman–Crippen LogP) is -0.169. The molecule has 0 aromatic heterocycles. The van der Waals surface area contributed by atoms with Crippen molar-refractivity contribution in [3.63, 3.8) is 0 Å². The Bertz CT molecular complexity index is 512. The van der Waals surface area contributed by atoms with Gasteiger partial charge in [-0.2, -0.15) is 0 Å². The van der Waals surface area contributed by atoms with E-state index in [-0.39, 0.29) is 34.2 Å². The Morgan fingerprint density at radius 2 is 1.50 bits per heavy atom. The molecule has 17 heteroatoms.